The number of hydrogen-bond acceptors (Lipinski definition) is 2. The molecule has 2 rings (SSSR count). The first-order chi connectivity index (χ1) is 8.08. The van der Waals surface area contributed by atoms with Gasteiger partial charge in [-0.15, -0.1) is 0 Å². The molecule has 1 aromatic carbocycles. The van der Waals surface area contributed by atoms with Gasteiger partial charge in [-0.2, -0.15) is 0 Å². The van der Waals surface area contributed by atoms with Crippen LogP contribution in [0, 0.1) is 13.8 Å². The topological polar surface area (TPSA) is 48.0 Å². The monoisotopic (exact) mass is 228 g/mol. The number of rotatable bonds is 2. The van der Waals surface area contributed by atoms with E-state index in [0.717, 1.165) is 5.56 Å². The van der Waals surface area contributed by atoms with Gasteiger partial charge in [-0.1, -0.05) is 23.8 Å². The van der Waals surface area contributed by atoms with Crippen LogP contribution in [0.3, 0.4) is 0 Å². The minimum Gasteiger partial charge on any atom is -0.394 e. The second kappa shape index (κ2) is 4.45. The highest BCUT2D eigenvalue weighted by Gasteiger charge is 2.03. The smallest absolute Gasteiger partial charge is 0.273 e. The zero-order valence-corrected chi connectivity index (χ0v) is 10.1. The molecule has 1 heterocycles. The average Bonchev–Trinajstić information content (AvgIpc) is 2.30. The van der Waals surface area contributed by atoms with Crippen molar-refractivity contribution in [3.63, 3.8) is 0 Å². The molecule has 0 fully saturated rings. The van der Waals surface area contributed by atoms with Crippen molar-refractivity contribution in [1.29, 1.82) is 0 Å². The van der Waals surface area contributed by atoms with Gasteiger partial charge in [0.15, 0.2) is 0 Å². The van der Waals surface area contributed by atoms with Gasteiger partial charge in [0.1, 0.15) is 0 Å². The molecule has 0 amide bonds. The number of anilines is 1. The molecule has 2 N–H and O–H groups in total. The van der Waals surface area contributed by atoms with E-state index in [2.05, 4.69) is 18.2 Å². The lowest BCUT2D eigenvalue weighted by molar-refractivity contribution is 0.757. The van der Waals surface area contributed by atoms with Gasteiger partial charge in [-0.3, -0.25) is 4.79 Å². The van der Waals surface area contributed by atoms with Crippen molar-refractivity contribution in [2.75, 3.05) is 5.73 Å². The highest BCUT2D eigenvalue weighted by Crippen LogP contribution is 2.11. The Labute approximate surface area is 101 Å². The Balaban J connectivity index is 2.41. The number of pyridine rings is 1. The third-order valence-electron chi connectivity index (χ3n) is 2.89. The van der Waals surface area contributed by atoms with E-state index in [1.165, 1.54) is 11.1 Å². The number of aromatic nitrogens is 1. The standard InChI is InChI=1S/C14H16N2O/c1-10-5-6-11(2)12(8-10)9-16-7-3-4-13(15)14(16)17/h3-8H,9,15H2,1-2H3. The Bertz CT molecular complexity index is 599. The van der Waals surface area contributed by atoms with Crippen molar-refractivity contribution >= 4 is 5.69 Å². The van der Waals surface area contributed by atoms with Crippen molar-refractivity contribution in [2.45, 2.75) is 20.4 Å². The summed E-state index contributed by atoms with van der Waals surface area (Å²) in [6, 6.07) is 9.66. The SMILES string of the molecule is Cc1ccc(C)c(Cn2cccc(N)c2=O)c1. The summed E-state index contributed by atoms with van der Waals surface area (Å²) >= 11 is 0. The van der Waals surface area contributed by atoms with E-state index in [1.807, 2.05) is 13.8 Å². The van der Waals surface area contributed by atoms with Gasteiger partial charge < -0.3 is 10.3 Å². The minimum absolute atomic E-state index is 0.131. The molecule has 3 nitrogen and oxygen atoms in total. The third kappa shape index (κ3) is 2.38. The molecule has 0 unspecified atom stereocenters. The van der Waals surface area contributed by atoms with Gasteiger partial charge in [0.05, 0.1) is 12.2 Å². The van der Waals surface area contributed by atoms with Crippen molar-refractivity contribution in [1.82, 2.24) is 4.57 Å². The van der Waals surface area contributed by atoms with Crippen LogP contribution in [0.5, 0.6) is 0 Å². The number of nitrogens with zero attached hydrogens (tertiary/aromatic N) is 1. The molecule has 1 aromatic heterocycles. The lowest BCUT2D eigenvalue weighted by atomic mass is 10.1. The molecule has 3 heteroatoms. The molecule has 0 saturated heterocycles. The molecule has 0 bridgehead atoms. The van der Waals surface area contributed by atoms with E-state index in [1.54, 1.807) is 22.9 Å². The van der Waals surface area contributed by atoms with Crippen molar-refractivity contribution in [2.24, 2.45) is 0 Å². The van der Waals surface area contributed by atoms with Gasteiger partial charge >= 0.3 is 0 Å². The summed E-state index contributed by atoms with van der Waals surface area (Å²) in [5.74, 6) is 0. The van der Waals surface area contributed by atoms with E-state index >= 15 is 0 Å². The third-order valence-corrected chi connectivity index (χ3v) is 2.89. The Kier molecular flexibility index (Phi) is 3.00. The fourth-order valence-electron chi connectivity index (χ4n) is 1.83. The summed E-state index contributed by atoms with van der Waals surface area (Å²) in [5.41, 5.74) is 9.30. The second-order valence-corrected chi connectivity index (χ2v) is 4.33. The van der Waals surface area contributed by atoms with Crippen LogP contribution in [0.15, 0.2) is 41.3 Å². The van der Waals surface area contributed by atoms with Crippen LogP contribution in [0.1, 0.15) is 16.7 Å². The van der Waals surface area contributed by atoms with Crippen molar-refractivity contribution in [3.8, 4) is 0 Å². The number of benzene rings is 1. The molecule has 0 aliphatic rings. The molecule has 0 spiro atoms. The van der Waals surface area contributed by atoms with Crippen LogP contribution in [0.25, 0.3) is 0 Å². The Morgan fingerprint density at radius 3 is 2.76 bits per heavy atom. The van der Waals surface area contributed by atoms with Crippen LogP contribution in [-0.4, -0.2) is 4.57 Å². The maximum Gasteiger partial charge on any atom is 0.273 e. The summed E-state index contributed by atoms with van der Waals surface area (Å²) in [6.45, 7) is 4.66. The Hall–Kier alpha value is -2.03. The van der Waals surface area contributed by atoms with Crippen LogP contribution in [-0.2, 0) is 6.54 Å². The second-order valence-electron chi connectivity index (χ2n) is 4.33. The fourth-order valence-corrected chi connectivity index (χ4v) is 1.83. The normalized spacial score (nSPS) is 10.5. The molecule has 0 saturated carbocycles. The zero-order chi connectivity index (χ0) is 12.4. The first-order valence-corrected chi connectivity index (χ1v) is 5.59. The van der Waals surface area contributed by atoms with Crippen LogP contribution in [0.4, 0.5) is 5.69 Å². The molecule has 0 atom stereocenters. The number of hydrogen-bond donors (Lipinski definition) is 1. The number of nitrogen functional groups attached to an aromatic ring is 1. The predicted octanol–water partition coefficient (Wildman–Crippen LogP) is 2.10. The summed E-state index contributed by atoms with van der Waals surface area (Å²) in [6.07, 6.45) is 1.76. The van der Waals surface area contributed by atoms with E-state index in [9.17, 15) is 4.79 Å². The maximum atomic E-state index is 11.8. The van der Waals surface area contributed by atoms with Gasteiger partial charge in [0, 0.05) is 6.20 Å². The number of aryl methyl sites for hydroxylation is 2. The van der Waals surface area contributed by atoms with Gasteiger partial charge in [0.25, 0.3) is 5.56 Å². The largest absolute Gasteiger partial charge is 0.394 e. The molecule has 88 valence electrons. The molecular formula is C14H16N2O. The summed E-state index contributed by atoms with van der Waals surface area (Å²) in [7, 11) is 0. The van der Waals surface area contributed by atoms with Gasteiger partial charge in [0.2, 0.25) is 0 Å². The highest BCUT2D eigenvalue weighted by molar-refractivity contribution is 5.35. The molecule has 0 aliphatic carbocycles. The molecular weight excluding hydrogens is 212 g/mol. The van der Waals surface area contributed by atoms with E-state index < -0.39 is 0 Å². The molecule has 0 aliphatic heterocycles. The summed E-state index contributed by atoms with van der Waals surface area (Å²) in [5, 5.41) is 0. The Morgan fingerprint density at radius 2 is 2.00 bits per heavy atom. The first-order valence-electron chi connectivity index (χ1n) is 5.59. The first kappa shape index (κ1) is 11.5. The lowest BCUT2D eigenvalue weighted by Crippen LogP contribution is -2.22. The van der Waals surface area contributed by atoms with E-state index in [0.29, 0.717) is 6.54 Å². The molecule has 2 aromatic rings. The minimum atomic E-state index is -0.131. The van der Waals surface area contributed by atoms with Crippen LogP contribution in [0.2, 0.25) is 0 Å². The molecule has 0 radical (unpaired) electrons. The lowest BCUT2D eigenvalue weighted by Gasteiger charge is -2.10. The summed E-state index contributed by atoms with van der Waals surface area (Å²) in [4.78, 5) is 11.8. The highest BCUT2D eigenvalue weighted by atomic mass is 16.1. The Morgan fingerprint density at radius 1 is 1.24 bits per heavy atom. The van der Waals surface area contributed by atoms with E-state index in [-0.39, 0.29) is 11.2 Å². The van der Waals surface area contributed by atoms with Gasteiger partial charge in [-0.25, -0.2) is 0 Å². The zero-order valence-electron chi connectivity index (χ0n) is 10.1. The predicted molar refractivity (Wildman–Crippen MR) is 70.1 cm³/mol. The molecule has 17 heavy (non-hydrogen) atoms. The van der Waals surface area contributed by atoms with Crippen LogP contribution < -0.4 is 11.3 Å². The summed E-state index contributed by atoms with van der Waals surface area (Å²) < 4.78 is 1.64. The van der Waals surface area contributed by atoms with Crippen molar-refractivity contribution in [3.05, 3.63) is 63.6 Å². The van der Waals surface area contributed by atoms with E-state index in [4.69, 9.17) is 5.73 Å². The number of nitrogens with two attached hydrogens (primary N) is 1. The maximum absolute atomic E-state index is 11.8. The average molecular weight is 228 g/mol. The fraction of sp³-hybridized carbons (Fsp3) is 0.214. The van der Waals surface area contributed by atoms with Crippen molar-refractivity contribution < 1.29 is 0 Å². The van der Waals surface area contributed by atoms with Gasteiger partial charge in [-0.05, 0) is 37.1 Å². The quantitative estimate of drug-likeness (QED) is 0.855. The van der Waals surface area contributed by atoms with Crippen LogP contribution >= 0.6 is 0 Å².